The van der Waals surface area contributed by atoms with Gasteiger partial charge < -0.3 is 19.1 Å². The van der Waals surface area contributed by atoms with Crippen molar-refractivity contribution in [3.8, 4) is 5.75 Å². The number of likely N-dealkylation sites (tertiary alicyclic amines) is 1. The number of rotatable bonds is 7. The predicted octanol–water partition coefficient (Wildman–Crippen LogP) is 2.89. The summed E-state index contributed by atoms with van der Waals surface area (Å²) in [4.78, 5) is 14.4. The normalized spacial score (nSPS) is 22.3. The summed E-state index contributed by atoms with van der Waals surface area (Å²) in [6, 6.07) is 9.64. The van der Waals surface area contributed by atoms with Gasteiger partial charge in [0, 0.05) is 19.7 Å². The number of ether oxygens (including phenoxy) is 3. The van der Waals surface area contributed by atoms with Crippen LogP contribution in [-0.2, 0) is 14.3 Å². The van der Waals surface area contributed by atoms with Crippen molar-refractivity contribution >= 4 is 5.91 Å². The highest BCUT2D eigenvalue weighted by Gasteiger charge is 2.42. The van der Waals surface area contributed by atoms with Crippen molar-refractivity contribution < 1.29 is 19.0 Å². The molecular formula is C20H29NO4. The van der Waals surface area contributed by atoms with E-state index in [-0.39, 0.29) is 17.4 Å². The first kappa shape index (κ1) is 18.2. The zero-order valence-electron chi connectivity index (χ0n) is 15.1. The fourth-order valence-corrected chi connectivity index (χ4v) is 3.76. The first-order chi connectivity index (χ1) is 12.2. The molecule has 1 spiro atoms. The van der Waals surface area contributed by atoms with Crippen molar-refractivity contribution in [1.29, 1.82) is 0 Å². The van der Waals surface area contributed by atoms with E-state index < -0.39 is 0 Å². The Morgan fingerprint density at radius 3 is 2.76 bits per heavy atom. The average Bonchev–Trinajstić information content (AvgIpc) is 3.04. The van der Waals surface area contributed by atoms with Gasteiger partial charge in [-0.1, -0.05) is 18.2 Å². The molecule has 0 radical (unpaired) electrons. The smallest absolute Gasteiger partial charge is 0.225 e. The van der Waals surface area contributed by atoms with E-state index >= 15 is 0 Å². The molecule has 2 fully saturated rings. The van der Waals surface area contributed by atoms with Crippen LogP contribution in [0.15, 0.2) is 30.3 Å². The molecule has 0 saturated carbocycles. The Labute approximate surface area is 150 Å². The molecule has 2 heterocycles. The predicted molar refractivity (Wildman–Crippen MR) is 95.7 cm³/mol. The van der Waals surface area contributed by atoms with Crippen molar-refractivity contribution in [3.63, 3.8) is 0 Å². The van der Waals surface area contributed by atoms with Gasteiger partial charge in [-0.05, 0) is 43.7 Å². The fourth-order valence-electron chi connectivity index (χ4n) is 3.76. The minimum absolute atomic E-state index is 0.190. The maximum Gasteiger partial charge on any atom is 0.225 e. The summed E-state index contributed by atoms with van der Waals surface area (Å²) >= 11 is 0. The van der Waals surface area contributed by atoms with Crippen LogP contribution in [0.25, 0.3) is 0 Å². The summed E-state index contributed by atoms with van der Waals surface area (Å²) in [5.74, 6) is 1.01. The minimum Gasteiger partial charge on any atom is -0.493 e. The fraction of sp³-hybridized carbons (Fsp3) is 0.650. The molecule has 1 aromatic rings. The van der Waals surface area contributed by atoms with Gasteiger partial charge in [0.05, 0.1) is 32.3 Å². The van der Waals surface area contributed by atoms with Gasteiger partial charge in [-0.25, -0.2) is 0 Å². The number of hydrogen-bond donors (Lipinski definition) is 0. The lowest BCUT2D eigenvalue weighted by Crippen LogP contribution is -2.44. The van der Waals surface area contributed by atoms with E-state index in [1.165, 1.54) is 0 Å². The molecule has 5 heteroatoms. The number of amides is 1. The second kappa shape index (κ2) is 8.68. The highest BCUT2D eigenvalue weighted by molar-refractivity contribution is 5.76. The number of nitrogens with zero attached hydrogens (tertiary/aromatic N) is 1. The molecule has 1 aromatic carbocycles. The summed E-state index contributed by atoms with van der Waals surface area (Å²) in [7, 11) is 0. The molecule has 0 aliphatic carbocycles. The van der Waals surface area contributed by atoms with E-state index in [9.17, 15) is 4.79 Å². The van der Waals surface area contributed by atoms with Crippen LogP contribution < -0.4 is 4.74 Å². The second-order valence-electron chi connectivity index (χ2n) is 7.09. The molecule has 0 N–H and O–H groups in total. The van der Waals surface area contributed by atoms with Crippen molar-refractivity contribution in [2.24, 2.45) is 5.41 Å². The van der Waals surface area contributed by atoms with Crippen molar-refractivity contribution in [2.75, 3.05) is 39.5 Å². The summed E-state index contributed by atoms with van der Waals surface area (Å²) in [6.45, 7) is 6.34. The monoisotopic (exact) mass is 347 g/mol. The maximum atomic E-state index is 12.4. The number of carbonyl (C=O) groups excluding carboxylic acids is 1. The lowest BCUT2D eigenvalue weighted by Gasteiger charge is -2.38. The Balaban J connectivity index is 1.38. The minimum atomic E-state index is 0.190. The lowest BCUT2D eigenvalue weighted by molar-refractivity contribution is -0.134. The third-order valence-corrected chi connectivity index (χ3v) is 5.30. The van der Waals surface area contributed by atoms with Crippen molar-refractivity contribution in [3.05, 3.63) is 30.3 Å². The van der Waals surface area contributed by atoms with Crippen LogP contribution in [0.3, 0.4) is 0 Å². The van der Waals surface area contributed by atoms with Crippen LogP contribution in [0.5, 0.6) is 5.75 Å². The standard InChI is InChI=1S/C20H29NO4/c1-2-23-15-18-14-20(16-25-18)9-11-21(12-10-20)19(22)8-13-24-17-6-4-3-5-7-17/h3-7,18H,2,8-16H2,1H3/t18-/m0/s1. The number of para-hydroxylation sites is 1. The van der Waals surface area contributed by atoms with Crippen LogP contribution in [-0.4, -0.2) is 56.4 Å². The molecule has 25 heavy (non-hydrogen) atoms. The van der Waals surface area contributed by atoms with Gasteiger partial charge in [-0.2, -0.15) is 0 Å². The summed E-state index contributed by atoms with van der Waals surface area (Å²) in [6.07, 6.45) is 3.78. The summed E-state index contributed by atoms with van der Waals surface area (Å²) < 4.78 is 17.0. The Kier molecular flexibility index (Phi) is 6.32. The Hall–Kier alpha value is -1.59. The Bertz CT molecular complexity index is 540. The molecule has 0 unspecified atom stereocenters. The molecule has 2 aliphatic rings. The number of benzene rings is 1. The van der Waals surface area contributed by atoms with E-state index in [0.717, 1.165) is 51.3 Å². The van der Waals surface area contributed by atoms with E-state index in [0.29, 0.717) is 19.6 Å². The number of hydrogen-bond acceptors (Lipinski definition) is 4. The average molecular weight is 347 g/mol. The zero-order chi connectivity index (χ0) is 17.5. The Morgan fingerprint density at radius 2 is 2.04 bits per heavy atom. The van der Waals surface area contributed by atoms with Crippen LogP contribution in [0, 0.1) is 5.41 Å². The SMILES string of the molecule is CCOC[C@@H]1CC2(CCN(C(=O)CCOc3ccccc3)CC2)CO1. The van der Waals surface area contributed by atoms with Gasteiger partial charge in [0.2, 0.25) is 5.91 Å². The van der Waals surface area contributed by atoms with Gasteiger partial charge in [0.25, 0.3) is 0 Å². The molecule has 2 saturated heterocycles. The summed E-state index contributed by atoms with van der Waals surface area (Å²) in [5, 5.41) is 0. The topological polar surface area (TPSA) is 48.0 Å². The quantitative estimate of drug-likeness (QED) is 0.761. The van der Waals surface area contributed by atoms with Gasteiger partial charge in [-0.3, -0.25) is 4.79 Å². The molecule has 1 amide bonds. The molecule has 138 valence electrons. The molecule has 1 atom stereocenters. The molecule has 2 aliphatic heterocycles. The van der Waals surface area contributed by atoms with Crippen molar-refractivity contribution in [1.82, 2.24) is 4.90 Å². The van der Waals surface area contributed by atoms with E-state index in [1.54, 1.807) is 0 Å². The van der Waals surface area contributed by atoms with Crippen LogP contribution in [0.4, 0.5) is 0 Å². The Morgan fingerprint density at radius 1 is 1.28 bits per heavy atom. The molecule has 5 nitrogen and oxygen atoms in total. The molecule has 3 rings (SSSR count). The third kappa shape index (κ3) is 4.95. The second-order valence-corrected chi connectivity index (χ2v) is 7.09. The molecule has 0 aromatic heterocycles. The van der Waals surface area contributed by atoms with Crippen molar-refractivity contribution in [2.45, 2.75) is 38.7 Å². The zero-order valence-corrected chi connectivity index (χ0v) is 15.1. The summed E-state index contributed by atoms with van der Waals surface area (Å²) in [5.41, 5.74) is 0.249. The largest absolute Gasteiger partial charge is 0.493 e. The molecular weight excluding hydrogens is 318 g/mol. The van der Waals surface area contributed by atoms with Gasteiger partial charge >= 0.3 is 0 Å². The van der Waals surface area contributed by atoms with Gasteiger partial charge in [0.15, 0.2) is 0 Å². The highest BCUT2D eigenvalue weighted by atomic mass is 16.5. The van der Waals surface area contributed by atoms with Crippen LogP contribution in [0.2, 0.25) is 0 Å². The van der Waals surface area contributed by atoms with Gasteiger partial charge in [-0.15, -0.1) is 0 Å². The van der Waals surface area contributed by atoms with E-state index in [1.807, 2.05) is 42.2 Å². The molecule has 0 bridgehead atoms. The van der Waals surface area contributed by atoms with E-state index in [2.05, 4.69) is 0 Å². The van der Waals surface area contributed by atoms with Crippen LogP contribution in [0.1, 0.15) is 32.6 Å². The van der Waals surface area contributed by atoms with Crippen LogP contribution >= 0.6 is 0 Å². The lowest BCUT2D eigenvalue weighted by atomic mass is 9.76. The first-order valence-electron chi connectivity index (χ1n) is 9.36. The third-order valence-electron chi connectivity index (χ3n) is 5.30. The highest BCUT2D eigenvalue weighted by Crippen LogP contribution is 2.42. The van der Waals surface area contributed by atoms with E-state index in [4.69, 9.17) is 14.2 Å². The maximum absolute atomic E-state index is 12.4. The first-order valence-corrected chi connectivity index (χ1v) is 9.36. The number of carbonyl (C=O) groups is 1. The number of piperidine rings is 1. The van der Waals surface area contributed by atoms with Gasteiger partial charge in [0.1, 0.15) is 5.75 Å².